The summed E-state index contributed by atoms with van der Waals surface area (Å²) < 4.78 is 41.7. The molecule has 2 heterocycles. The number of hydrogen-bond donors (Lipinski definition) is 1. The molecule has 0 spiro atoms. The molecule has 1 amide bonds. The van der Waals surface area contributed by atoms with Crippen LogP contribution < -0.4 is 10.9 Å². The molecule has 9 heteroatoms. The summed E-state index contributed by atoms with van der Waals surface area (Å²) >= 11 is 0. The number of carbonyl (C=O) groups excluding carboxylic acids is 1. The van der Waals surface area contributed by atoms with Gasteiger partial charge in [0.2, 0.25) is 0 Å². The van der Waals surface area contributed by atoms with E-state index in [1.165, 1.54) is 21.4 Å². The molecule has 4 aromatic rings. The number of aryl methyl sites for hydroxylation is 1. The SMILES string of the molecule is CC(C)NC(=O)c1ccc2c(c1)c1nn(C)cc1c(=O)n2-c1ccc(C(F)(F)F)cc1. The van der Waals surface area contributed by atoms with E-state index in [1.807, 2.05) is 13.8 Å². The van der Waals surface area contributed by atoms with Gasteiger partial charge in [-0.15, -0.1) is 0 Å². The van der Waals surface area contributed by atoms with Gasteiger partial charge in [0, 0.05) is 35.9 Å². The lowest BCUT2D eigenvalue weighted by Gasteiger charge is -2.14. The normalized spacial score (nSPS) is 12.1. The van der Waals surface area contributed by atoms with Crippen molar-refractivity contribution in [3.8, 4) is 5.69 Å². The third kappa shape index (κ3) is 3.67. The molecule has 31 heavy (non-hydrogen) atoms. The number of alkyl halides is 3. The van der Waals surface area contributed by atoms with E-state index in [1.54, 1.807) is 31.4 Å². The molecular weight excluding hydrogens is 409 g/mol. The minimum atomic E-state index is -4.47. The van der Waals surface area contributed by atoms with Crippen LogP contribution in [0.15, 0.2) is 53.5 Å². The van der Waals surface area contributed by atoms with Crippen LogP contribution in [0.5, 0.6) is 0 Å². The maximum atomic E-state index is 13.2. The van der Waals surface area contributed by atoms with Gasteiger partial charge >= 0.3 is 6.18 Å². The van der Waals surface area contributed by atoms with Crippen LogP contribution in [0.2, 0.25) is 0 Å². The first-order chi connectivity index (χ1) is 14.6. The number of halogens is 3. The summed E-state index contributed by atoms with van der Waals surface area (Å²) in [6.07, 6.45) is -2.92. The second kappa shape index (κ2) is 7.26. The molecule has 0 saturated carbocycles. The van der Waals surface area contributed by atoms with Gasteiger partial charge in [-0.2, -0.15) is 18.3 Å². The van der Waals surface area contributed by atoms with Crippen LogP contribution >= 0.6 is 0 Å². The van der Waals surface area contributed by atoms with E-state index in [9.17, 15) is 22.8 Å². The van der Waals surface area contributed by atoms with Crippen LogP contribution in [0.1, 0.15) is 29.8 Å². The van der Waals surface area contributed by atoms with Gasteiger partial charge in [-0.1, -0.05) is 0 Å². The summed E-state index contributed by atoms with van der Waals surface area (Å²) in [4.78, 5) is 25.7. The number of benzene rings is 2. The molecule has 0 radical (unpaired) electrons. The Morgan fingerprint density at radius 1 is 1.06 bits per heavy atom. The Balaban J connectivity index is 1.99. The lowest BCUT2D eigenvalue weighted by Crippen LogP contribution is -2.30. The van der Waals surface area contributed by atoms with Gasteiger partial charge in [-0.05, 0) is 56.3 Å². The number of aromatic nitrogens is 3. The van der Waals surface area contributed by atoms with Crippen molar-refractivity contribution in [1.29, 1.82) is 0 Å². The van der Waals surface area contributed by atoms with Gasteiger partial charge in [0.05, 0.1) is 16.5 Å². The van der Waals surface area contributed by atoms with E-state index in [4.69, 9.17) is 0 Å². The minimum Gasteiger partial charge on any atom is -0.350 e. The summed E-state index contributed by atoms with van der Waals surface area (Å²) in [6, 6.07) is 9.15. The number of fused-ring (bicyclic) bond motifs is 3. The Kier molecular flexibility index (Phi) is 4.83. The van der Waals surface area contributed by atoms with Crippen molar-refractivity contribution in [2.45, 2.75) is 26.1 Å². The van der Waals surface area contributed by atoms with E-state index in [2.05, 4.69) is 10.4 Å². The van der Waals surface area contributed by atoms with Crippen molar-refractivity contribution in [3.05, 3.63) is 70.1 Å². The standard InChI is InChI=1S/C22H19F3N4O2/c1-12(2)26-20(30)13-4-9-18-16(10-13)19-17(11-28(3)27-19)21(31)29(18)15-7-5-14(6-8-15)22(23,24)25/h4-12H,1-3H3,(H,26,30). The van der Waals surface area contributed by atoms with Crippen LogP contribution in [0.3, 0.4) is 0 Å². The molecule has 0 aliphatic heterocycles. The average molecular weight is 428 g/mol. The highest BCUT2D eigenvalue weighted by atomic mass is 19.4. The third-order valence-corrected chi connectivity index (χ3v) is 4.89. The van der Waals surface area contributed by atoms with Gasteiger partial charge < -0.3 is 5.32 Å². The Morgan fingerprint density at radius 3 is 2.35 bits per heavy atom. The highest BCUT2D eigenvalue weighted by molar-refractivity contribution is 6.07. The highest BCUT2D eigenvalue weighted by Gasteiger charge is 2.30. The van der Waals surface area contributed by atoms with E-state index < -0.39 is 17.3 Å². The molecule has 4 rings (SSSR count). The van der Waals surface area contributed by atoms with E-state index in [0.29, 0.717) is 27.4 Å². The number of pyridine rings is 1. The molecule has 0 unspecified atom stereocenters. The predicted octanol–water partition coefficient (Wildman–Crippen LogP) is 4.03. The molecule has 6 nitrogen and oxygen atoms in total. The predicted molar refractivity (Wildman–Crippen MR) is 111 cm³/mol. The van der Waals surface area contributed by atoms with Crippen LogP contribution in [0.25, 0.3) is 27.5 Å². The summed E-state index contributed by atoms with van der Waals surface area (Å²) in [6.45, 7) is 3.69. The number of hydrogen-bond acceptors (Lipinski definition) is 3. The quantitative estimate of drug-likeness (QED) is 0.536. The molecule has 2 aromatic carbocycles. The van der Waals surface area contributed by atoms with Gasteiger partial charge in [0.15, 0.2) is 0 Å². The van der Waals surface area contributed by atoms with Crippen LogP contribution in [-0.2, 0) is 13.2 Å². The molecular formula is C22H19F3N4O2. The zero-order chi connectivity index (χ0) is 22.5. The second-order valence-electron chi connectivity index (χ2n) is 7.61. The molecule has 2 aromatic heterocycles. The van der Waals surface area contributed by atoms with Crippen molar-refractivity contribution in [2.75, 3.05) is 0 Å². The summed E-state index contributed by atoms with van der Waals surface area (Å²) in [5.41, 5.74) is 0.333. The zero-order valence-electron chi connectivity index (χ0n) is 17.0. The van der Waals surface area contributed by atoms with Crippen molar-refractivity contribution >= 4 is 27.7 Å². The maximum absolute atomic E-state index is 13.2. The van der Waals surface area contributed by atoms with Crippen molar-refractivity contribution in [3.63, 3.8) is 0 Å². The van der Waals surface area contributed by atoms with Crippen molar-refractivity contribution in [1.82, 2.24) is 19.7 Å². The Hall–Kier alpha value is -3.62. The smallest absolute Gasteiger partial charge is 0.350 e. The molecule has 0 aliphatic carbocycles. The van der Waals surface area contributed by atoms with Crippen molar-refractivity contribution in [2.24, 2.45) is 7.05 Å². The average Bonchev–Trinajstić information content (AvgIpc) is 3.09. The topological polar surface area (TPSA) is 68.9 Å². The Morgan fingerprint density at radius 2 is 1.74 bits per heavy atom. The molecule has 0 atom stereocenters. The van der Waals surface area contributed by atoms with Crippen molar-refractivity contribution < 1.29 is 18.0 Å². The van der Waals surface area contributed by atoms with Gasteiger partial charge in [-0.3, -0.25) is 18.8 Å². The summed E-state index contributed by atoms with van der Waals surface area (Å²) in [5, 5.41) is 8.03. The fraction of sp³-hybridized carbons (Fsp3) is 0.227. The first-order valence-electron chi connectivity index (χ1n) is 9.57. The molecule has 0 saturated heterocycles. The number of rotatable bonds is 3. The molecule has 0 aliphatic rings. The number of amides is 1. The monoisotopic (exact) mass is 428 g/mol. The Bertz CT molecular complexity index is 1370. The molecule has 0 fully saturated rings. The van der Waals surface area contributed by atoms with Gasteiger partial charge in [-0.25, -0.2) is 0 Å². The maximum Gasteiger partial charge on any atom is 0.416 e. The number of carbonyl (C=O) groups is 1. The van der Waals surface area contributed by atoms with Crippen LogP contribution in [0.4, 0.5) is 13.2 Å². The number of nitrogens with zero attached hydrogens (tertiary/aromatic N) is 3. The summed E-state index contributed by atoms with van der Waals surface area (Å²) in [5.74, 6) is -0.270. The Labute approximate surface area is 174 Å². The first-order valence-corrected chi connectivity index (χ1v) is 9.57. The van der Waals surface area contributed by atoms with E-state index >= 15 is 0 Å². The zero-order valence-corrected chi connectivity index (χ0v) is 17.0. The fourth-order valence-corrected chi connectivity index (χ4v) is 3.54. The first kappa shape index (κ1) is 20.6. The summed E-state index contributed by atoms with van der Waals surface area (Å²) in [7, 11) is 1.67. The second-order valence-corrected chi connectivity index (χ2v) is 7.61. The van der Waals surface area contributed by atoms with E-state index in [0.717, 1.165) is 12.1 Å². The van der Waals surface area contributed by atoms with Crippen LogP contribution in [-0.4, -0.2) is 26.3 Å². The number of nitrogens with one attached hydrogen (secondary N) is 1. The lowest BCUT2D eigenvalue weighted by atomic mass is 10.1. The van der Waals surface area contributed by atoms with Gasteiger partial charge in [0.1, 0.15) is 5.52 Å². The minimum absolute atomic E-state index is 0.0563. The molecule has 0 bridgehead atoms. The van der Waals surface area contributed by atoms with Crippen LogP contribution in [0, 0.1) is 0 Å². The van der Waals surface area contributed by atoms with Gasteiger partial charge in [0.25, 0.3) is 11.5 Å². The highest BCUT2D eigenvalue weighted by Crippen LogP contribution is 2.30. The fourth-order valence-electron chi connectivity index (χ4n) is 3.54. The largest absolute Gasteiger partial charge is 0.416 e. The van der Waals surface area contributed by atoms with E-state index in [-0.39, 0.29) is 17.6 Å². The molecule has 1 N–H and O–H groups in total. The third-order valence-electron chi connectivity index (χ3n) is 4.89. The lowest BCUT2D eigenvalue weighted by molar-refractivity contribution is -0.137. The molecule has 160 valence electrons.